The van der Waals surface area contributed by atoms with E-state index in [2.05, 4.69) is 34.0 Å². The van der Waals surface area contributed by atoms with E-state index in [1.54, 1.807) is 0 Å². The first-order valence-electron chi connectivity index (χ1n) is 9.88. The number of hydrogen-bond donors (Lipinski definition) is 2. The summed E-state index contributed by atoms with van der Waals surface area (Å²) in [7, 11) is 1.48. The van der Waals surface area contributed by atoms with Gasteiger partial charge in [0, 0.05) is 31.7 Å². The number of ether oxygens (including phenoxy) is 1. The number of aryl methyl sites for hydroxylation is 2. The summed E-state index contributed by atoms with van der Waals surface area (Å²) in [6, 6.07) is 3.98. The molecule has 0 aliphatic carbocycles. The van der Waals surface area contributed by atoms with E-state index in [0.717, 1.165) is 56.1 Å². The number of amides is 1. The van der Waals surface area contributed by atoms with Gasteiger partial charge in [-0.05, 0) is 50.4 Å². The second-order valence-electron chi connectivity index (χ2n) is 7.41. The van der Waals surface area contributed by atoms with Crippen molar-refractivity contribution in [1.29, 1.82) is 0 Å². The lowest BCUT2D eigenvalue weighted by Crippen LogP contribution is -2.40. The normalized spacial score (nSPS) is 17.5. The van der Waals surface area contributed by atoms with Crippen LogP contribution in [0.3, 0.4) is 0 Å². The Morgan fingerprint density at radius 2 is 2.29 bits per heavy atom. The Morgan fingerprint density at radius 3 is 3.00 bits per heavy atom. The van der Waals surface area contributed by atoms with Crippen LogP contribution in [0.15, 0.2) is 18.2 Å². The number of aromatic amines is 1. The number of methoxy groups -OCH3 is 1. The van der Waals surface area contributed by atoms with Crippen LogP contribution in [0.1, 0.15) is 47.3 Å². The van der Waals surface area contributed by atoms with Gasteiger partial charge in [0.25, 0.3) is 5.91 Å². The molecule has 3 rings (SSSR count). The number of nitrogens with one attached hydrogen (secondary N) is 2. The van der Waals surface area contributed by atoms with Crippen molar-refractivity contribution in [1.82, 2.24) is 20.2 Å². The summed E-state index contributed by atoms with van der Waals surface area (Å²) in [4.78, 5) is 22.9. The fourth-order valence-electron chi connectivity index (χ4n) is 3.75. The Kier molecular flexibility index (Phi) is 6.67. The zero-order valence-corrected chi connectivity index (χ0v) is 16.8. The SMILES string of the molecule is CCc1nc(CN2CCCC(CNC(=O)c3cc(F)ccc3OC)C2)c(C)[nH]1. The van der Waals surface area contributed by atoms with E-state index in [0.29, 0.717) is 18.2 Å². The third-order valence-electron chi connectivity index (χ3n) is 5.30. The van der Waals surface area contributed by atoms with E-state index in [4.69, 9.17) is 4.74 Å². The van der Waals surface area contributed by atoms with Crippen LogP contribution in [0.2, 0.25) is 0 Å². The van der Waals surface area contributed by atoms with Crippen LogP contribution in [0, 0.1) is 18.7 Å². The van der Waals surface area contributed by atoms with E-state index in [-0.39, 0.29) is 11.5 Å². The number of imidazole rings is 1. The summed E-state index contributed by atoms with van der Waals surface area (Å²) in [6.07, 6.45) is 3.06. The zero-order chi connectivity index (χ0) is 20.1. The molecule has 0 radical (unpaired) electrons. The van der Waals surface area contributed by atoms with Crippen LogP contribution in [0.25, 0.3) is 0 Å². The third kappa shape index (κ3) is 4.90. The molecule has 152 valence electrons. The van der Waals surface area contributed by atoms with Crippen molar-refractivity contribution in [3.8, 4) is 5.75 Å². The molecule has 28 heavy (non-hydrogen) atoms. The van der Waals surface area contributed by atoms with Crippen LogP contribution < -0.4 is 10.1 Å². The predicted molar refractivity (Wildman–Crippen MR) is 106 cm³/mol. The standard InChI is InChI=1S/C21H29FN4O2/c1-4-20-24-14(2)18(25-20)13-26-9-5-6-15(12-26)11-23-21(27)17-10-16(22)7-8-19(17)28-3/h7-8,10,15H,4-6,9,11-13H2,1-3H3,(H,23,27)(H,24,25). The highest BCUT2D eigenvalue weighted by Gasteiger charge is 2.23. The molecular weight excluding hydrogens is 359 g/mol. The molecular formula is C21H29FN4O2. The lowest BCUT2D eigenvalue weighted by Gasteiger charge is -2.32. The molecule has 1 fully saturated rings. The van der Waals surface area contributed by atoms with Gasteiger partial charge in [-0.3, -0.25) is 9.69 Å². The number of hydrogen-bond acceptors (Lipinski definition) is 4. The Hall–Kier alpha value is -2.41. The topological polar surface area (TPSA) is 70.2 Å². The Morgan fingerprint density at radius 1 is 1.46 bits per heavy atom. The minimum atomic E-state index is -0.449. The van der Waals surface area contributed by atoms with Crippen molar-refractivity contribution in [3.63, 3.8) is 0 Å². The molecule has 1 aliphatic rings. The number of nitrogens with zero attached hydrogens (tertiary/aromatic N) is 2. The summed E-state index contributed by atoms with van der Waals surface area (Å²) in [5, 5.41) is 2.95. The Balaban J connectivity index is 1.55. The molecule has 1 aliphatic heterocycles. The van der Waals surface area contributed by atoms with Crippen molar-refractivity contribution >= 4 is 5.91 Å². The molecule has 1 unspecified atom stereocenters. The van der Waals surface area contributed by atoms with Crippen LogP contribution in [-0.4, -0.2) is 47.5 Å². The highest BCUT2D eigenvalue weighted by molar-refractivity contribution is 5.96. The van der Waals surface area contributed by atoms with Gasteiger partial charge < -0.3 is 15.0 Å². The average molecular weight is 388 g/mol. The van der Waals surface area contributed by atoms with Gasteiger partial charge in [0.2, 0.25) is 0 Å². The van der Waals surface area contributed by atoms with Gasteiger partial charge in [-0.15, -0.1) is 0 Å². The summed E-state index contributed by atoms with van der Waals surface area (Å²) in [5.74, 6) is 1.02. The monoisotopic (exact) mass is 388 g/mol. The van der Waals surface area contributed by atoms with Crippen molar-refractivity contribution < 1.29 is 13.9 Å². The number of benzene rings is 1. The maximum absolute atomic E-state index is 13.5. The Labute approximate surface area is 165 Å². The van der Waals surface area contributed by atoms with Gasteiger partial charge in [-0.25, -0.2) is 9.37 Å². The summed E-state index contributed by atoms with van der Waals surface area (Å²) < 4.78 is 18.7. The second-order valence-corrected chi connectivity index (χ2v) is 7.41. The fraction of sp³-hybridized carbons (Fsp3) is 0.524. The average Bonchev–Trinajstić information content (AvgIpc) is 3.06. The number of likely N-dealkylation sites (tertiary alicyclic amines) is 1. The van der Waals surface area contributed by atoms with E-state index in [1.807, 2.05) is 0 Å². The van der Waals surface area contributed by atoms with E-state index < -0.39 is 5.82 Å². The highest BCUT2D eigenvalue weighted by atomic mass is 19.1. The highest BCUT2D eigenvalue weighted by Crippen LogP contribution is 2.21. The van der Waals surface area contributed by atoms with Gasteiger partial charge in [0.05, 0.1) is 18.4 Å². The molecule has 7 heteroatoms. The van der Waals surface area contributed by atoms with Crippen LogP contribution in [-0.2, 0) is 13.0 Å². The minimum Gasteiger partial charge on any atom is -0.496 e. The number of H-pyrrole nitrogens is 1. The van der Waals surface area contributed by atoms with Gasteiger partial charge in [-0.1, -0.05) is 6.92 Å². The van der Waals surface area contributed by atoms with Crippen molar-refractivity contribution in [2.75, 3.05) is 26.7 Å². The van der Waals surface area contributed by atoms with Crippen molar-refractivity contribution in [3.05, 3.63) is 46.8 Å². The smallest absolute Gasteiger partial charge is 0.255 e. The zero-order valence-electron chi connectivity index (χ0n) is 16.8. The first kappa shape index (κ1) is 20.3. The maximum atomic E-state index is 13.5. The molecule has 1 saturated heterocycles. The van der Waals surface area contributed by atoms with Crippen molar-refractivity contribution in [2.24, 2.45) is 5.92 Å². The van der Waals surface area contributed by atoms with Gasteiger partial charge in [-0.2, -0.15) is 0 Å². The molecule has 1 atom stereocenters. The maximum Gasteiger partial charge on any atom is 0.255 e. The lowest BCUT2D eigenvalue weighted by molar-refractivity contribution is 0.0926. The second kappa shape index (κ2) is 9.19. The summed E-state index contributed by atoms with van der Waals surface area (Å²) in [6.45, 7) is 7.49. The largest absolute Gasteiger partial charge is 0.496 e. The molecule has 2 heterocycles. The van der Waals surface area contributed by atoms with Crippen molar-refractivity contribution in [2.45, 2.75) is 39.7 Å². The number of carbonyl (C=O) groups is 1. The molecule has 2 aromatic rings. The van der Waals surface area contributed by atoms with Crippen LogP contribution in [0.4, 0.5) is 4.39 Å². The van der Waals surface area contributed by atoms with E-state index in [9.17, 15) is 9.18 Å². The van der Waals surface area contributed by atoms with Gasteiger partial charge in [0.15, 0.2) is 0 Å². The third-order valence-corrected chi connectivity index (χ3v) is 5.30. The Bertz CT molecular complexity index is 821. The number of piperidine rings is 1. The number of halogens is 1. The molecule has 1 aromatic heterocycles. The molecule has 6 nitrogen and oxygen atoms in total. The molecule has 0 saturated carbocycles. The fourth-order valence-corrected chi connectivity index (χ4v) is 3.75. The first-order chi connectivity index (χ1) is 13.5. The van der Waals surface area contributed by atoms with Crippen LogP contribution >= 0.6 is 0 Å². The first-order valence-corrected chi connectivity index (χ1v) is 9.88. The number of carbonyl (C=O) groups excluding carboxylic acids is 1. The molecule has 0 bridgehead atoms. The molecule has 1 amide bonds. The quantitative estimate of drug-likeness (QED) is 0.765. The van der Waals surface area contributed by atoms with Gasteiger partial charge >= 0.3 is 0 Å². The molecule has 1 aromatic carbocycles. The lowest BCUT2D eigenvalue weighted by atomic mass is 9.97. The minimum absolute atomic E-state index is 0.231. The van der Waals surface area contributed by atoms with Crippen LogP contribution in [0.5, 0.6) is 5.75 Å². The van der Waals surface area contributed by atoms with E-state index in [1.165, 1.54) is 25.3 Å². The molecule has 2 N–H and O–H groups in total. The summed E-state index contributed by atoms with van der Waals surface area (Å²) >= 11 is 0. The van der Waals surface area contributed by atoms with E-state index >= 15 is 0 Å². The van der Waals surface area contributed by atoms with Gasteiger partial charge in [0.1, 0.15) is 17.4 Å². The number of aromatic nitrogens is 2. The number of rotatable bonds is 7. The molecule has 0 spiro atoms. The predicted octanol–water partition coefficient (Wildman–Crippen LogP) is 3.07. The summed E-state index contributed by atoms with van der Waals surface area (Å²) in [5.41, 5.74) is 2.46.